The molecule has 6 heteroatoms. The van der Waals surface area contributed by atoms with Gasteiger partial charge in [0.25, 0.3) is 0 Å². The third-order valence-electron chi connectivity index (χ3n) is 2.50. The molecule has 0 amide bonds. The lowest BCUT2D eigenvalue weighted by molar-refractivity contribution is 0.586. The van der Waals surface area contributed by atoms with Crippen molar-refractivity contribution in [3.63, 3.8) is 0 Å². The molecule has 19 heavy (non-hydrogen) atoms. The molecule has 0 saturated carbocycles. The van der Waals surface area contributed by atoms with Crippen molar-refractivity contribution in [3.05, 3.63) is 48.5 Å². The van der Waals surface area contributed by atoms with Crippen LogP contribution in [0, 0.1) is 0 Å². The Balaban J connectivity index is 2.47. The highest BCUT2D eigenvalue weighted by atomic mass is 32.2. The first-order valence-electron chi connectivity index (χ1n) is 5.59. The molecule has 0 fully saturated rings. The minimum absolute atomic E-state index is 0.198. The van der Waals surface area contributed by atoms with Gasteiger partial charge in [-0.2, -0.15) is 0 Å². The maximum Gasteiger partial charge on any atom is 0.241 e. The van der Waals surface area contributed by atoms with Gasteiger partial charge in [-0.05, 0) is 37.4 Å². The summed E-state index contributed by atoms with van der Waals surface area (Å²) in [4.78, 5) is 1.82. The Morgan fingerprint density at radius 2 is 1.79 bits per heavy atom. The molecule has 0 aliphatic carbocycles. The molecule has 4 nitrogen and oxygen atoms in total. The zero-order valence-corrected chi connectivity index (χ0v) is 12.0. The van der Waals surface area contributed by atoms with Crippen molar-refractivity contribution >= 4 is 27.5 Å². The van der Waals surface area contributed by atoms with Gasteiger partial charge >= 0.3 is 0 Å². The van der Waals surface area contributed by atoms with Gasteiger partial charge in [0.1, 0.15) is 0 Å². The Kier molecular flexibility index (Phi) is 4.14. The molecule has 100 valence electrons. The summed E-state index contributed by atoms with van der Waals surface area (Å²) in [6, 6.07) is 14.5. The van der Waals surface area contributed by atoms with Crippen LogP contribution in [0.5, 0.6) is 0 Å². The highest BCUT2D eigenvalue weighted by Crippen LogP contribution is 2.33. The van der Waals surface area contributed by atoms with E-state index in [9.17, 15) is 8.42 Å². The summed E-state index contributed by atoms with van der Waals surface area (Å²) in [7, 11) is -2.14. The molecule has 3 N–H and O–H groups in total. The largest absolute Gasteiger partial charge is 0.399 e. The maximum atomic E-state index is 12.0. The van der Waals surface area contributed by atoms with Crippen LogP contribution in [0.1, 0.15) is 0 Å². The van der Waals surface area contributed by atoms with Crippen LogP contribution in [-0.2, 0) is 10.0 Å². The van der Waals surface area contributed by atoms with Crippen molar-refractivity contribution in [2.75, 3.05) is 12.8 Å². The van der Waals surface area contributed by atoms with E-state index in [0.29, 0.717) is 10.6 Å². The van der Waals surface area contributed by atoms with Crippen LogP contribution in [-0.4, -0.2) is 15.5 Å². The second-order valence-electron chi connectivity index (χ2n) is 3.83. The molecular formula is C13H14N2O2S2. The summed E-state index contributed by atoms with van der Waals surface area (Å²) in [6.07, 6.45) is 0. The minimum Gasteiger partial charge on any atom is -0.399 e. The van der Waals surface area contributed by atoms with Crippen LogP contribution in [0.4, 0.5) is 5.69 Å². The van der Waals surface area contributed by atoms with E-state index in [-0.39, 0.29) is 4.90 Å². The molecule has 0 aromatic heterocycles. The Hall–Kier alpha value is -1.50. The summed E-state index contributed by atoms with van der Waals surface area (Å²) in [5, 5.41) is 0. The first-order valence-corrected chi connectivity index (χ1v) is 7.89. The fraction of sp³-hybridized carbons (Fsp3) is 0.0769. The van der Waals surface area contributed by atoms with E-state index in [4.69, 9.17) is 5.73 Å². The Labute approximate surface area is 117 Å². The fourth-order valence-electron chi connectivity index (χ4n) is 1.54. The average Bonchev–Trinajstić information content (AvgIpc) is 2.42. The van der Waals surface area contributed by atoms with Crippen LogP contribution >= 0.6 is 11.8 Å². The first kappa shape index (κ1) is 13.9. The van der Waals surface area contributed by atoms with E-state index >= 15 is 0 Å². The minimum atomic E-state index is -3.52. The highest BCUT2D eigenvalue weighted by Gasteiger charge is 2.17. The van der Waals surface area contributed by atoms with Crippen LogP contribution < -0.4 is 10.5 Å². The number of hydrogen-bond donors (Lipinski definition) is 2. The molecule has 2 aromatic rings. The van der Waals surface area contributed by atoms with Gasteiger partial charge < -0.3 is 5.73 Å². The summed E-state index contributed by atoms with van der Waals surface area (Å²) < 4.78 is 26.3. The lowest BCUT2D eigenvalue weighted by atomic mass is 10.3. The van der Waals surface area contributed by atoms with E-state index < -0.39 is 10.0 Å². The Bertz CT molecular complexity index is 670. The van der Waals surface area contributed by atoms with Gasteiger partial charge in [-0.15, -0.1) is 0 Å². The lowest BCUT2D eigenvalue weighted by Gasteiger charge is -2.10. The van der Waals surface area contributed by atoms with E-state index in [1.807, 2.05) is 30.3 Å². The number of nitrogen functional groups attached to an aromatic ring is 1. The van der Waals surface area contributed by atoms with Crippen molar-refractivity contribution in [2.45, 2.75) is 14.7 Å². The maximum absolute atomic E-state index is 12.0. The first-order chi connectivity index (χ1) is 9.03. The number of nitrogens with one attached hydrogen (secondary N) is 1. The van der Waals surface area contributed by atoms with Crippen molar-refractivity contribution in [3.8, 4) is 0 Å². The fourth-order valence-corrected chi connectivity index (χ4v) is 3.69. The summed E-state index contributed by atoms with van der Waals surface area (Å²) in [5.41, 5.74) is 6.09. The monoisotopic (exact) mass is 294 g/mol. The van der Waals surface area contributed by atoms with E-state index in [1.165, 1.54) is 24.9 Å². The molecule has 0 saturated heterocycles. The van der Waals surface area contributed by atoms with Crippen LogP contribution in [0.2, 0.25) is 0 Å². The predicted molar refractivity (Wildman–Crippen MR) is 77.7 cm³/mol. The number of benzene rings is 2. The van der Waals surface area contributed by atoms with Gasteiger partial charge in [0.2, 0.25) is 10.0 Å². The smallest absolute Gasteiger partial charge is 0.241 e. The molecule has 0 bridgehead atoms. The number of hydrogen-bond acceptors (Lipinski definition) is 4. The Morgan fingerprint density at radius 3 is 2.42 bits per heavy atom. The van der Waals surface area contributed by atoms with Crippen molar-refractivity contribution in [1.29, 1.82) is 0 Å². The standard InChI is InChI=1S/C13H14N2O2S2/c1-15-19(16,17)13-9-10(14)7-8-12(13)18-11-5-3-2-4-6-11/h2-9,15H,14H2,1H3. The molecule has 0 aliphatic heterocycles. The van der Waals surface area contributed by atoms with Gasteiger partial charge in [-0.1, -0.05) is 30.0 Å². The van der Waals surface area contributed by atoms with Gasteiger partial charge in [-0.3, -0.25) is 0 Å². The summed E-state index contributed by atoms with van der Waals surface area (Å²) in [5.74, 6) is 0. The zero-order chi connectivity index (χ0) is 13.9. The van der Waals surface area contributed by atoms with Crippen molar-refractivity contribution in [1.82, 2.24) is 4.72 Å². The molecule has 0 spiro atoms. The third kappa shape index (κ3) is 3.28. The predicted octanol–water partition coefficient (Wildman–Crippen LogP) is 2.33. The van der Waals surface area contributed by atoms with Crippen LogP contribution in [0.3, 0.4) is 0 Å². The van der Waals surface area contributed by atoms with Crippen molar-refractivity contribution in [2.24, 2.45) is 0 Å². The summed E-state index contributed by atoms with van der Waals surface area (Å²) in [6.45, 7) is 0. The Morgan fingerprint density at radius 1 is 1.11 bits per heavy atom. The van der Waals surface area contributed by atoms with E-state index in [0.717, 1.165) is 4.90 Å². The number of rotatable bonds is 4. The molecule has 0 heterocycles. The second kappa shape index (κ2) is 5.64. The molecule has 0 radical (unpaired) electrons. The zero-order valence-electron chi connectivity index (χ0n) is 10.3. The SMILES string of the molecule is CNS(=O)(=O)c1cc(N)ccc1Sc1ccccc1. The van der Waals surface area contributed by atoms with Crippen LogP contribution in [0.15, 0.2) is 63.2 Å². The summed E-state index contributed by atoms with van der Waals surface area (Å²) >= 11 is 1.39. The van der Waals surface area contributed by atoms with Gasteiger partial charge in [0, 0.05) is 15.5 Å². The molecule has 2 aromatic carbocycles. The third-order valence-corrected chi connectivity index (χ3v) is 5.16. The molecule has 0 unspecified atom stereocenters. The van der Waals surface area contributed by atoms with Crippen molar-refractivity contribution < 1.29 is 8.42 Å². The highest BCUT2D eigenvalue weighted by molar-refractivity contribution is 8.00. The number of sulfonamides is 1. The quantitative estimate of drug-likeness (QED) is 0.849. The molecule has 0 atom stereocenters. The second-order valence-corrected chi connectivity index (χ2v) is 6.80. The number of nitrogens with two attached hydrogens (primary N) is 1. The van der Waals surface area contributed by atoms with Gasteiger partial charge in [0.05, 0.1) is 4.90 Å². The van der Waals surface area contributed by atoms with Gasteiger partial charge in [0.15, 0.2) is 0 Å². The van der Waals surface area contributed by atoms with E-state index in [2.05, 4.69) is 4.72 Å². The molecule has 0 aliphatic rings. The number of anilines is 1. The lowest BCUT2D eigenvalue weighted by Crippen LogP contribution is -2.19. The normalized spacial score (nSPS) is 11.4. The van der Waals surface area contributed by atoms with E-state index in [1.54, 1.807) is 12.1 Å². The average molecular weight is 294 g/mol. The molecular weight excluding hydrogens is 280 g/mol. The van der Waals surface area contributed by atoms with Crippen LogP contribution in [0.25, 0.3) is 0 Å². The molecule has 2 rings (SSSR count). The van der Waals surface area contributed by atoms with Gasteiger partial charge in [-0.25, -0.2) is 13.1 Å². The topological polar surface area (TPSA) is 72.2 Å².